The van der Waals surface area contributed by atoms with E-state index in [-0.39, 0.29) is 17.9 Å². The molecule has 2 aliphatic rings. The highest BCUT2D eigenvalue weighted by Gasteiger charge is 2.34. The number of hydrogen-bond donors (Lipinski definition) is 2. The number of nitrogens with zero attached hydrogens (tertiary/aromatic N) is 2. The van der Waals surface area contributed by atoms with Crippen LogP contribution in [0.25, 0.3) is 0 Å². The van der Waals surface area contributed by atoms with E-state index < -0.39 is 0 Å². The summed E-state index contributed by atoms with van der Waals surface area (Å²) in [6, 6.07) is 0.167. The topological polar surface area (TPSA) is 77.8 Å². The Morgan fingerprint density at radius 3 is 2.81 bits per heavy atom. The van der Waals surface area contributed by atoms with Crippen molar-refractivity contribution in [3.05, 3.63) is 11.1 Å². The normalized spacial score (nSPS) is 25.7. The van der Waals surface area contributed by atoms with Crippen LogP contribution in [0, 0.1) is 17.4 Å². The number of anilines is 1. The molecule has 1 aromatic rings. The molecule has 0 bridgehead atoms. The summed E-state index contributed by atoms with van der Waals surface area (Å²) in [7, 11) is 0. The van der Waals surface area contributed by atoms with Gasteiger partial charge in [-0.25, -0.2) is 4.98 Å². The van der Waals surface area contributed by atoms with Crippen molar-refractivity contribution < 1.29 is 4.79 Å². The molecule has 0 aromatic carbocycles. The smallest absolute Gasteiger partial charge is 0.229 e. The van der Waals surface area contributed by atoms with Gasteiger partial charge in [0.15, 0.2) is 11.3 Å². The lowest BCUT2D eigenvalue weighted by molar-refractivity contribution is -0.122. The average molecular weight is 304 g/mol. The molecule has 0 aliphatic heterocycles. The minimum atomic E-state index is 0.0119. The maximum atomic E-state index is 12.1. The predicted octanol–water partition coefficient (Wildman–Crippen LogP) is 2.98. The molecule has 5 nitrogen and oxygen atoms in total. The molecule has 2 saturated carbocycles. The van der Waals surface area contributed by atoms with Crippen molar-refractivity contribution in [2.24, 2.45) is 5.92 Å². The molecule has 0 atom stereocenters. The Bertz CT molecular complexity index is 538. The van der Waals surface area contributed by atoms with Crippen LogP contribution in [0.1, 0.15) is 55.7 Å². The van der Waals surface area contributed by atoms with E-state index in [1.165, 1.54) is 37.0 Å². The molecule has 0 unspecified atom stereocenters. The molecular weight excluding hydrogens is 284 g/mol. The summed E-state index contributed by atoms with van der Waals surface area (Å²) >= 11 is 1.62. The first-order chi connectivity index (χ1) is 10.3. The molecule has 2 fully saturated rings. The van der Waals surface area contributed by atoms with E-state index in [0.29, 0.717) is 5.92 Å². The largest absolute Gasteiger partial charge is 0.321 e. The number of carbonyl (C=O) groups is 1. The molecular formula is C15H20N4OS. The number of carbonyl (C=O) groups excluding carboxylic acids is 1. The Morgan fingerprint density at radius 1 is 1.33 bits per heavy atom. The zero-order valence-electron chi connectivity index (χ0n) is 12.0. The third-order valence-electron chi connectivity index (χ3n) is 4.54. The van der Waals surface area contributed by atoms with Crippen molar-refractivity contribution in [1.82, 2.24) is 10.3 Å². The van der Waals surface area contributed by atoms with E-state index >= 15 is 0 Å². The molecule has 1 heterocycles. The minimum Gasteiger partial charge on any atom is -0.321 e. The van der Waals surface area contributed by atoms with Crippen LogP contribution in [0.5, 0.6) is 0 Å². The second-order valence-electron chi connectivity index (χ2n) is 6.01. The third kappa shape index (κ3) is 3.35. The fraction of sp³-hybridized carbons (Fsp3) is 0.667. The van der Waals surface area contributed by atoms with Crippen molar-refractivity contribution in [2.75, 3.05) is 5.32 Å². The molecule has 2 aliphatic carbocycles. The number of aromatic nitrogens is 1. The molecule has 21 heavy (non-hydrogen) atoms. The Kier molecular flexibility index (Phi) is 4.39. The monoisotopic (exact) mass is 304 g/mol. The van der Waals surface area contributed by atoms with Crippen LogP contribution in [0.4, 0.5) is 5.13 Å². The van der Waals surface area contributed by atoms with Gasteiger partial charge in [-0.2, -0.15) is 5.26 Å². The van der Waals surface area contributed by atoms with Crippen LogP contribution in [-0.2, 0) is 4.79 Å². The summed E-state index contributed by atoms with van der Waals surface area (Å²) in [6.07, 6.45) is 11.8. The molecule has 112 valence electrons. The van der Waals surface area contributed by atoms with E-state index in [1.807, 2.05) is 12.4 Å². The van der Waals surface area contributed by atoms with Gasteiger partial charge in [-0.1, -0.05) is 19.3 Å². The third-order valence-corrected chi connectivity index (χ3v) is 5.61. The van der Waals surface area contributed by atoms with Gasteiger partial charge in [-0.3, -0.25) is 4.79 Å². The first-order valence-electron chi connectivity index (χ1n) is 7.67. The highest BCUT2D eigenvalue weighted by molar-refractivity contribution is 7.15. The summed E-state index contributed by atoms with van der Waals surface area (Å²) in [5.74, 6) is 0.684. The van der Waals surface area contributed by atoms with Gasteiger partial charge in [0.05, 0.1) is 0 Å². The molecule has 2 N–H and O–H groups in total. The second kappa shape index (κ2) is 6.44. The summed E-state index contributed by atoms with van der Waals surface area (Å²) in [4.78, 5) is 17.7. The van der Waals surface area contributed by atoms with Gasteiger partial charge >= 0.3 is 0 Å². The molecule has 0 radical (unpaired) electrons. The Morgan fingerprint density at radius 2 is 2.10 bits per heavy atom. The van der Waals surface area contributed by atoms with Gasteiger partial charge in [-0.15, -0.1) is 11.3 Å². The van der Waals surface area contributed by atoms with Crippen molar-refractivity contribution in [2.45, 2.75) is 56.9 Å². The Hall–Kier alpha value is -1.61. The molecule has 0 spiro atoms. The fourth-order valence-corrected chi connectivity index (χ4v) is 4.16. The quantitative estimate of drug-likeness (QED) is 0.662. The number of thiazole rings is 1. The summed E-state index contributed by atoms with van der Waals surface area (Å²) in [6.45, 7) is 0. The van der Waals surface area contributed by atoms with Crippen molar-refractivity contribution >= 4 is 22.4 Å². The molecule has 1 amide bonds. The summed E-state index contributed by atoms with van der Waals surface area (Å²) in [5.41, 5.74) is 0. The van der Waals surface area contributed by atoms with Gasteiger partial charge in [0.1, 0.15) is 0 Å². The molecule has 1 aromatic heterocycles. The van der Waals surface area contributed by atoms with Gasteiger partial charge in [-0.05, 0) is 31.6 Å². The first-order valence-corrected chi connectivity index (χ1v) is 8.49. The first kappa shape index (κ1) is 14.3. The maximum absolute atomic E-state index is 12.1. The van der Waals surface area contributed by atoms with Gasteiger partial charge < -0.3 is 10.6 Å². The van der Waals surface area contributed by atoms with Crippen LogP contribution >= 0.6 is 11.3 Å². The standard InChI is InChI=1S/C15H20N4OS/c16-9-18-12-6-11(7-12)14(20)19-15-17-8-13(21-15)10-4-2-1-3-5-10/h8,10-12,18H,1-7H2,(H,17,19,20). The van der Waals surface area contributed by atoms with E-state index in [4.69, 9.17) is 5.26 Å². The summed E-state index contributed by atoms with van der Waals surface area (Å²) in [5, 5.41) is 14.9. The second-order valence-corrected chi connectivity index (χ2v) is 7.08. The zero-order valence-corrected chi connectivity index (χ0v) is 12.8. The van der Waals surface area contributed by atoms with Gasteiger partial charge in [0.2, 0.25) is 5.91 Å². The van der Waals surface area contributed by atoms with Gasteiger partial charge in [0, 0.05) is 23.0 Å². The zero-order chi connectivity index (χ0) is 14.7. The highest BCUT2D eigenvalue weighted by atomic mass is 32.1. The summed E-state index contributed by atoms with van der Waals surface area (Å²) < 4.78 is 0. The van der Waals surface area contributed by atoms with Crippen LogP contribution in [0.2, 0.25) is 0 Å². The number of nitriles is 1. The van der Waals surface area contributed by atoms with Crippen LogP contribution in [0.3, 0.4) is 0 Å². The van der Waals surface area contributed by atoms with Crippen LogP contribution in [-0.4, -0.2) is 16.9 Å². The lowest BCUT2D eigenvalue weighted by atomic mass is 9.80. The fourth-order valence-electron chi connectivity index (χ4n) is 3.17. The van der Waals surface area contributed by atoms with Crippen molar-refractivity contribution in [3.63, 3.8) is 0 Å². The molecule has 3 rings (SSSR count). The number of nitrogens with one attached hydrogen (secondary N) is 2. The molecule has 6 heteroatoms. The van der Waals surface area contributed by atoms with Gasteiger partial charge in [0.25, 0.3) is 0 Å². The predicted molar refractivity (Wildman–Crippen MR) is 81.8 cm³/mol. The van der Waals surface area contributed by atoms with E-state index in [0.717, 1.165) is 18.0 Å². The highest BCUT2D eigenvalue weighted by Crippen LogP contribution is 2.37. The van der Waals surface area contributed by atoms with Crippen LogP contribution in [0.15, 0.2) is 6.20 Å². The van der Waals surface area contributed by atoms with E-state index in [9.17, 15) is 4.79 Å². The minimum absolute atomic E-state index is 0.0119. The van der Waals surface area contributed by atoms with Crippen molar-refractivity contribution in [3.8, 4) is 6.19 Å². The SMILES string of the molecule is N#CNC1CC(C(=O)Nc2ncc(C3CCCCC3)s2)C1. The lowest BCUT2D eigenvalue weighted by Crippen LogP contribution is -2.44. The van der Waals surface area contributed by atoms with E-state index in [1.54, 1.807) is 11.3 Å². The maximum Gasteiger partial charge on any atom is 0.229 e. The number of amides is 1. The number of rotatable bonds is 4. The number of hydrogen-bond acceptors (Lipinski definition) is 5. The lowest BCUT2D eigenvalue weighted by Gasteiger charge is -2.32. The molecule has 0 saturated heterocycles. The van der Waals surface area contributed by atoms with E-state index in [2.05, 4.69) is 15.6 Å². The average Bonchev–Trinajstić information content (AvgIpc) is 2.91. The van der Waals surface area contributed by atoms with Crippen LogP contribution < -0.4 is 10.6 Å². The van der Waals surface area contributed by atoms with Crippen molar-refractivity contribution in [1.29, 1.82) is 5.26 Å². The Balaban J connectivity index is 1.50. The Labute approximate surface area is 128 Å².